The molecule has 8 heteroatoms. The van der Waals surface area contributed by atoms with Crippen LogP contribution in [0.3, 0.4) is 0 Å². The molecule has 0 aromatic rings. The van der Waals surface area contributed by atoms with E-state index in [1.54, 1.807) is 0 Å². The number of halogens is 7. The second-order valence-corrected chi connectivity index (χ2v) is 6.28. The van der Waals surface area contributed by atoms with Gasteiger partial charge in [0.05, 0.1) is 0 Å². The van der Waals surface area contributed by atoms with E-state index in [9.17, 15) is 26.3 Å². The van der Waals surface area contributed by atoms with Crippen molar-refractivity contribution in [1.82, 2.24) is 0 Å². The molecule has 0 amide bonds. The summed E-state index contributed by atoms with van der Waals surface area (Å²) in [6.07, 6.45) is 0. The SMILES string of the molecule is FC(F)(F)[As](Cl)C(F)(F)F. The quantitative estimate of drug-likeness (QED) is 0.456. The van der Waals surface area contributed by atoms with Crippen LogP contribution in [0.2, 0.25) is 0 Å². The molecule has 0 aliphatic rings. The zero-order chi connectivity index (χ0) is 8.58. The normalized spacial score (nSPS) is 14.4. The van der Waals surface area contributed by atoms with Gasteiger partial charge in [0.15, 0.2) is 0 Å². The Balaban J connectivity index is 4.23. The molecule has 0 rings (SSSR count). The fourth-order valence-corrected chi connectivity index (χ4v) is 0.747. The van der Waals surface area contributed by atoms with Gasteiger partial charge in [-0.3, -0.25) is 0 Å². The van der Waals surface area contributed by atoms with E-state index in [2.05, 4.69) is 9.95 Å². The van der Waals surface area contributed by atoms with Crippen molar-refractivity contribution in [2.24, 2.45) is 0 Å². The molecule has 0 aromatic carbocycles. The Morgan fingerprint density at radius 1 is 0.800 bits per heavy atom. The summed E-state index contributed by atoms with van der Waals surface area (Å²) in [5.41, 5.74) is 0. The van der Waals surface area contributed by atoms with Gasteiger partial charge in [-0.05, 0) is 0 Å². The Labute approximate surface area is 60.6 Å². The number of hydrogen-bond acceptors (Lipinski definition) is 0. The van der Waals surface area contributed by atoms with Crippen LogP contribution in [-0.4, -0.2) is 23.6 Å². The first-order valence-corrected chi connectivity index (χ1v) is 6.09. The van der Waals surface area contributed by atoms with Crippen LogP contribution in [0, 0.1) is 0 Å². The monoisotopic (exact) mass is 248 g/mol. The summed E-state index contributed by atoms with van der Waals surface area (Å²) in [5, 5.41) is 0. The molecular formula is C2AsClF6. The summed E-state index contributed by atoms with van der Waals surface area (Å²) in [6, 6.07) is 0. The molecule has 0 aliphatic heterocycles. The summed E-state index contributed by atoms with van der Waals surface area (Å²) < 4.78 is 66.9. The summed E-state index contributed by atoms with van der Waals surface area (Å²) in [7, 11) is 4.13. The minimum absolute atomic E-state index is 4.13. The van der Waals surface area contributed by atoms with E-state index < -0.39 is 23.6 Å². The van der Waals surface area contributed by atoms with Crippen LogP contribution in [0.1, 0.15) is 0 Å². The van der Waals surface area contributed by atoms with Gasteiger partial charge in [-0.15, -0.1) is 0 Å². The molecule has 0 aromatic heterocycles. The first-order chi connectivity index (χ1) is 4.15. The summed E-state index contributed by atoms with van der Waals surface area (Å²) in [5.74, 6) is 0. The van der Waals surface area contributed by atoms with Crippen molar-refractivity contribution in [1.29, 1.82) is 0 Å². The molecule has 0 nitrogen and oxygen atoms in total. The Morgan fingerprint density at radius 3 is 1.00 bits per heavy atom. The predicted octanol–water partition coefficient (Wildman–Crippen LogP) is 2.42. The molecule has 0 bridgehead atoms. The van der Waals surface area contributed by atoms with Crippen LogP contribution in [0.15, 0.2) is 0 Å². The molecular weight excluding hydrogens is 248 g/mol. The van der Waals surface area contributed by atoms with Crippen molar-refractivity contribution in [3.63, 3.8) is 0 Å². The molecule has 10 heavy (non-hydrogen) atoms. The predicted molar refractivity (Wildman–Crippen MR) is 23.7 cm³/mol. The molecule has 0 spiro atoms. The Bertz CT molecular complexity index is 99.9. The maximum atomic E-state index is 11.2. The van der Waals surface area contributed by atoms with Gasteiger partial charge in [-0.25, -0.2) is 0 Å². The summed E-state index contributed by atoms with van der Waals surface area (Å²) >= 11 is -5.17. The third kappa shape index (κ3) is 3.01. The molecule has 0 heterocycles. The third-order valence-corrected chi connectivity index (χ3v) is 4.31. The van der Waals surface area contributed by atoms with E-state index in [1.165, 1.54) is 0 Å². The van der Waals surface area contributed by atoms with Gasteiger partial charge >= 0.3 is 59.9 Å². The molecule has 0 saturated heterocycles. The van der Waals surface area contributed by atoms with Crippen LogP contribution >= 0.6 is 9.95 Å². The second kappa shape index (κ2) is 2.81. The summed E-state index contributed by atoms with van der Waals surface area (Å²) in [6.45, 7) is 0. The van der Waals surface area contributed by atoms with Crippen molar-refractivity contribution in [2.75, 3.05) is 0 Å². The van der Waals surface area contributed by atoms with Crippen molar-refractivity contribution in [2.45, 2.75) is 9.93 Å². The number of hydrogen-bond donors (Lipinski definition) is 0. The van der Waals surface area contributed by atoms with Crippen LogP contribution in [0.25, 0.3) is 0 Å². The van der Waals surface area contributed by atoms with E-state index in [1.807, 2.05) is 0 Å². The first kappa shape index (κ1) is 10.4. The first-order valence-electron chi connectivity index (χ1n) is 1.75. The molecule has 0 saturated carbocycles. The Morgan fingerprint density at radius 2 is 1.00 bits per heavy atom. The third-order valence-electron chi connectivity index (χ3n) is 0.445. The zero-order valence-corrected chi connectivity index (χ0v) is 6.73. The van der Waals surface area contributed by atoms with Crippen molar-refractivity contribution in [3.8, 4) is 0 Å². The van der Waals surface area contributed by atoms with Crippen LogP contribution in [0.4, 0.5) is 26.3 Å². The minimum atomic E-state index is -5.27. The van der Waals surface area contributed by atoms with E-state index in [0.29, 0.717) is 0 Å². The van der Waals surface area contributed by atoms with Gasteiger partial charge in [0.2, 0.25) is 0 Å². The van der Waals surface area contributed by atoms with Crippen LogP contribution in [-0.2, 0) is 0 Å². The van der Waals surface area contributed by atoms with E-state index in [0.717, 1.165) is 0 Å². The van der Waals surface area contributed by atoms with Crippen LogP contribution < -0.4 is 0 Å². The molecule has 0 unspecified atom stereocenters. The fourth-order valence-electron chi connectivity index (χ4n) is 0.144. The molecule has 0 N–H and O–H groups in total. The molecule has 62 valence electrons. The molecule has 0 aliphatic carbocycles. The molecule has 0 radical (unpaired) electrons. The second-order valence-electron chi connectivity index (χ2n) is 1.22. The fraction of sp³-hybridized carbons (Fsp3) is 1.00. The average molecular weight is 248 g/mol. The summed E-state index contributed by atoms with van der Waals surface area (Å²) in [4.78, 5) is -10.5. The van der Waals surface area contributed by atoms with Gasteiger partial charge < -0.3 is 0 Å². The van der Waals surface area contributed by atoms with Gasteiger partial charge in [0.1, 0.15) is 0 Å². The average Bonchev–Trinajstić information content (AvgIpc) is 1.59. The maximum absolute atomic E-state index is 11.2. The van der Waals surface area contributed by atoms with Gasteiger partial charge in [-0.2, -0.15) is 0 Å². The molecule has 0 atom stereocenters. The van der Waals surface area contributed by atoms with Crippen molar-refractivity contribution in [3.05, 3.63) is 0 Å². The van der Waals surface area contributed by atoms with Gasteiger partial charge in [0.25, 0.3) is 0 Å². The van der Waals surface area contributed by atoms with Crippen molar-refractivity contribution >= 4 is 23.7 Å². The zero-order valence-electron chi connectivity index (χ0n) is 4.09. The van der Waals surface area contributed by atoms with Gasteiger partial charge in [0, 0.05) is 0 Å². The van der Waals surface area contributed by atoms with Crippen LogP contribution in [0.5, 0.6) is 0 Å². The van der Waals surface area contributed by atoms with Gasteiger partial charge in [-0.1, -0.05) is 0 Å². The van der Waals surface area contributed by atoms with E-state index in [-0.39, 0.29) is 0 Å². The standard InChI is InChI=1S/C2AsClF6/c4-3(1(5,6)7)2(8,9)10. The Hall–Kier alpha value is 0.428. The van der Waals surface area contributed by atoms with E-state index in [4.69, 9.17) is 0 Å². The Kier molecular flexibility index (Phi) is 2.93. The molecule has 0 fully saturated rings. The van der Waals surface area contributed by atoms with E-state index >= 15 is 0 Å². The van der Waals surface area contributed by atoms with Crippen molar-refractivity contribution < 1.29 is 26.3 Å². The topological polar surface area (TPSA) is 0 Å². The number of rotatable bonds is 0. The number of alkyl halides is 6.